The lowest BCUT2D eigenvalue weighted by Crippen LogP contribution is -2.34. The third-order valence-corrected chi connectivity index (χ3v) is 5.92. The molecule has 32 heavy (non-hydrogen) atoms. The molecule has 1 aromatic heterocycles. The molecule has 1 amide bonds. The number of amides is 1. The molecule has 2 N–H and O–H groups in total. The van der Waals surface area contributed by atoms with Crippen molar-refractivity contribution in [2.75, 3.05) is 25.5 Å². The molecule has 6 nitrogen and oxygen atoms in total. The van der Waals surface area contributed by atoms with Crippen molar-refractivity contribution in [3.05, 3.63) is 77.4 Å². The van der Waals surface area contributed by atoms with Gasteiger partial charge in [-0.2, -0.15) is 0 Å². The molecule has 2 aromatic carbocycles. The molecule has 0 bridgehead atoms. The van der Waals surface area contributed by atoms with Crippen LogP contribution < -0.4 is 10.6 Å². The van der Waals surface area contributed by atoms with Gasteiger partial charge in [-0.1, -0.05) is 36.8 Å². The van der Waals surface area contributed by atoms with E-state index >= 15 is 0 Å². The molecular weight excluding hydrogens is 405 g/mol. The van der Waals surface area contributed by atoms with E-state index in [-0.39, 0.29) is 11.9 Å². The molecule has 0 saturated carbocycles. The third kappa shape index (κ3) is 4.62. The molecule has 1 atom stereocenters. The van der Waals surface area contributed by atoms with Crippen LogP contribution >= 0.6 is 0 Å². The van der Waals surface area contributed by atoms with E-state index in [1.54, 1.807) is 18.2 Å². The summed E-state index contributed by atoms with van der Waals surface area (Å²) in [6.07, 6.45) is 4.86. The van der Waals surface area contributed by atoms with Crippen molar-refractivity contribution in [2.45, 2.75) is 31.8 Å². The van der Waals surface area contributed by atoms with Crippen LogP contribution in [0.4, 0.5) is 10.3 Å². The van der Waals surface area contributed by atoms with Crippen LogP contribution in [-0.4, -0.2) is 41.4 Å². The van der Waals surface area contributed by atoms with Crippen LogP contribution in [0.3, 0.4) is 0 Å². The normalized spacial score (nSPS) is 16.7. The van der Waals surface area contributed by atoms with Crippen molar-refractivity contribution < 1.29 is 9.18 Å². The van der Waals surface area contributed by atoms with Crippen molar-refractivity contribution >= 4 is 11.9 Å². The molecule has 0 spiro atoms. The van der Waals surface area contributed by atoms with E-state index in [4.69, 9.17) is 10.7 Å². The summed E-state index contributed by atoms with van der Waals surface area (Å²) in [6, 6.07) is 14.2. The lowest BCUT2D eigenvalue weighted by molar-refractivity contribution is 0.100. The number of nitrogens with zero attached hydrogens (tertiary/aromatic N) is 4. The molecule has 1 unspecified atom stereocenters. The van der Waals surface area contributed by atoms with Crippen LogP contribution in [0.5, 0.6) is 0 Å². The standard InChI is InChI=1S/C25H28FN5O/c1-30(2)25-28-15-20(17-9-7-10-18(14-17)24(27)32)23(29-25)22-12-5-6-13-31(22)16-19-8-3-4-11-21(19)26/h3-4,7-11,14-15,22H,5-6,12-13,16H2,1-2H3,(H2,27,32). The number of aromatic nitrogens is 2. The lowest BCUT2D eigenvalue weighted by atomic mass is 9.92. The number of anilines is 1. The van der Waals surface area contributed by atoms with Gasteiger partial charge in [-0.05, 0) is 43.1 Å². The zero-order valence-corrected chi connectivity index (χ0v) is 18.5. The summed E-state index contributed by atoms with van der Waals surface area (Å²) >= 11 is 0. The van der Waals surface area contributed by atoms with Gasteiger partial charge in [0.2, 0.25) is 11.9 Å². The van der Waals surface area contributed by atoms with Gasteiger partial charge in [0.1, 0.15) is 5.82 Å². The number of primary amides is 1. The highest BCUT2D eigenvalue weighted by molar-refractivity contribution is 5.94. The molecule has 2 heterocycles. The van der Waals surface area contributed by atoms with E-state index in [1.807, 2.05) is 49.5 Å². The highest BCUT2D eigenvalue weighted by Crippen LogP contribution is 2.37. The molecule has 1 aliphatic heterocycles. The maximum Gasteiger partial charge on any atom is 0.248 e. The fourth-order valence-electron chi connectivity index (χ4n) is 4.25. The molecule has 4 rings (SSSR count). The van der Waals surface area contributed by atoms with E-state index < -0.39 is 5.91 Å². The van der Waals surface area contributed by atoms with Crippen molar-refractivity contribution in [3.63, 3.8) is 0 Å². The Kier molecular flexibility index (Phi) is 6.46. The summed E-state index contributed by atoms with van der Waals surface area (Å²) in [6.45, 7) is 1.38. The van der Waals surface area contributed by atoms with Crippen molar-refractivity contribution in [2.24, 2.45) is 5.73 Å². The first-order valence-electron chi connectivity index (χ1n) is 10.9. The summed E-state index contributed by atoms with van der Waals surface area (Å²) in [5, 5.41) is 0. The van der Waals surface area contributed by atoms with Gasteiger partial charge in [-0.15, -0.1) is 0 Å². The molecule has 0 aliphatic carbocycles. The average Bonchev–Trinajstić information content (AvgIpc) is 2.80. The van der Waals surface area contributed by atoms with Gasteiger partial charge >= 0.3 is 0 Å². The van der Waals surface area contributed by atoms with Gasteiger partial charge in [0, 0.05) is 43.5 Å². The van der Waals surface area contributed by atoms with Crippen LogP contribution in [0.25, 0.3) is 11.1 Å². The Morgan fingerprint density at radius 2 is 2.00 bits per heavy atom. The summed E-state index contributed by atoms with van der Waals surface area (Å²) in [7, 11) is 3.81. The maximum absolute atomic E-state index is 14.4. The van der Waals surface area contributed by atoms with Gasteiger partial charge in [0.15, 0.2) is 0 Å². The van der Waals surface area contributed by atoms with Crippen LogP contribution in [0, 0.1) is 5.82 Å². The minimum Gasteiger partial charge on any atom is -0.366 e. The number of piperidine rings is 1. The second kappa shape index (κ2) is 9.44. The van der Waals surface area contributed by atoms with Crippen molar-refractivity contribution in [3.8, 4) is 11.1 Å². The quantitative estimate of drug-likeness (QED) is 0.631. The topological polar surface area (TPSA) is 75.4 Å². The van der Waals surface area contributed by atoms with Gasteiger partial charge in [0.05, 0.1) is 11.7 Å². The van der Waals surface area contributed by atoms with E-state index in [0.717, 1.165) is 42.6 Å². The van der Waals surface area contributed by atoms with Crippen LogP contribution in [-0.2, 0) is 6.54 Å². The van der Waals surface area contributed by atoms with Crippen molar-refractivity contribution in [1.82, 2.24) is 14.9 Å². The minimum atomic E-state index is -0.474. The largest absolute Gasteiger partial charge is 0.366 e. The summed E-state index contributed by atoms with van der Waals surface area (Å²) in [5.41, 5.74) is 9.23. The molecule has 3 aromatic rings. The molecule has 7 heteroatoms. The van der Waals surface area contributed by atoms with Crippen molar-refractivity contribution in [1.29, 1.82) is 0 Å². The molecule has 1 saturated heterocycles. The smallest absolute Gasteiger partial charge is 0.248 e. The zero-order valence-electron chi connectivity index (χ0n) is 18.5. The molecule has 1 fully saturated rings. The Morgan fingerprint density at radius 3 is 2.75 bits per heavy atom. The average molecular weight is 434 g/mol. The van der Waals surface area contributed by atoms with Crippen LogP contribution in [0.15, 0.2) is 54.7 Å². The van der Waals surface area contributed by atoms with E-state index in [1.165, 1.54) is 6.07 Å². The molecule has 1 aliphatic rings. The highest BCUT2D eigenvalue weighted by Gasteiger charge is 2.29. The monoisotopic (exact) mass is 433 g/mol. The summed E-state index contributed by atoms with van der Waals surface area (Å²) in [5.74, 6) is -0.0489. The Balaban J connectivity index is 1.79. The van der Waals surface area contributed by atoms with Crippen LogP contribution in [0.1, 0.15) is 46.9 Å². The highest BCUT2D eigenvalue weighted by atomic mass is 19.1. The molecule has 0 radical (unpaired) electrons. The lowest BCUT2D eigenvalue weighted by Gasteiger charge is -2.36. The number of benzene rings is 2. The van der Waals surface area contributed by atoms with Gasteiger partial charge < -0.3 is 10.6 Å². The number of hydrogen-bond donors (Lipinski definition) is 1. The zero-order chi connectivity index (χ0) is 22.7. The fourth-order valence-corrected chi connectivity index (χ4v) is 4.25. The SMILES string of the molecule is CN(C)c1ncc(-c2cccc(C(N)=O)c2)c(C2CCCCN2Cc2ccccc2F)n1. The Morgan fingerprint density at radius 1 is 1.19 bits per heavy atom. The van der Waals surface area contributed by atoms with E-state index in [9.17, 15) is 9.18 Å². The second-order valence-corrected chi connectivity index (χ2v) is 8.38. The molecule has 166 valence electrons. The fraction of sp³-hybridized carbons (Fsp3) is 0.320. The summed E-state index contributed by atoms with van der Waals surface area (Å²) < 4.78 is 14.4. The van der Waals surface area contributed by atoms with Gasteiger partial charge in [-0.3, -0.25) is 9.69 Å². The third-order valence-electron chi connectivity index (χ3n) is 5.92. The first-order chi connectivity index (χ1) is 15.4. The van der Waals surface area contributed by atoms with Crippen LogP contribution in [0.2, 0.25) is 0 Å². The van der Waals surface area contributed by atoms with E-state index in [0.29, 0.717) is 23.6 Å². The minimum absolute atomic E-state index is 0.0114. The van der Waals surface area contributed by atoms with Gasteiger partial charge in [-0.25, -0.2) is 14.4 Å². The van der Waals surface area contributed by atoms with E-state index in [2.05, 4.69) is 9.88 Å². The number of rotatable bonds is 6. The number of hydrogen-bond acceptors (Lipinski definition) is 5. The Labute approximate surface area is 187 Å². The number of halogens is 1. The summed E-state index contributed by atoms with van der Waals surface area (Å²) in [4.78, 5) is 25.4. The number of nitrogens with two attached hydrogens (primary N) is 1. The predicted octanol–water partition coefficient (Wildman–Crippen LogP) is 4.17. The second-order valence-electron chi connectivity index (χ2n) is 8.38. The first-order valence-corrected chi connectivity index (χ1v) is 10.9. The number of carbonyl (C=O) groups is 1. The Bertz CT molecular complexity index is 1120. The number of carbonyl (C=O) groups excluding carboxylic acids is 1. The number of likely N-dealkylation sites (tertiary alicyclic amines) is 1. The first kappa shape index (κ1) is 21.9. The maximum atomic E-state index is 14.4. The van der Waals surface area contributed by atoms with Gasteiger partial charge in [0.25, 0.3) is 0 Å². The molecular formula is C25H28FN5O. The predicted molar refractivity (Wildman–Crippen MR) is 124 cm³/mol. The Hall–Kier alpha value is -3.32.